The van der Waals surface area contributed by atoms with Gasteiger partial charge in [0.1, 0.15) is 0 Å². The number of hydrogen-bond acceptors (Lipinski definition) is 2. The average Bonchev–Trinajstić information content (AvgIpc) is 3.63. The third-order valence-corrected chi connectivity index (χ3v) is 8.97. The number of rotatable bonds is 5. The molecule has 0 aliphatic rings. The van der Waals surface area contributed by atoms with Gasteiger partial charge >= 0.3 is 0 Å². The maximum absolute atomic E-state index is 9.54. The minimum atomic E-state index is -0.757. The molecule has 0 amide bonds. The van der Waals surface area contributed by atoms with Crippen molar-refractivity contribution in [2.75, 3.05) is 4.90 Å². The van der Waals surface area contributed by atoms with Gasteiger partial charge in [0.25, 0.3) is 0 Å². The Balaban J connectivity index is 1.33. The second-order valence-corrected chi connectivity index (χ2v) is 11.7. The second-order valence-electron chi connectivity index (χ2n) is 10.6. The summed E-state index contributed by atoms with van der Waals surface area (Å²) in [6.07, 6.45) is 0. The van der Waals surface area contributed by atoms with Crippen LogP contribution in [0.2, 0.25) is 0 Å². The van der Waals surface area contributed by atoms with Gasteiger partial charge in [0.2, 0.25) is 0 Å². The molecule has 1 nitrogen and oxygen atoms in total. The summed E-state index contributed by atoms with van der Waals surface area (Å²) in [7, 11) is 0. The lowest BCUT2D eigenvalue weighted by molar-refractivity contribution is 1.30. The highest BCUT2D eigenvalue weighted by Gasteiger charge is 2.17. The summed E-state index contributed by atoms with van der Waals surface area (Å²) in [5, 5.41) is 2.73. The van der Waals surface area contributed by atoms with Crippen molar-refractivity contribution >= 4 is 70.1 Å². The normalized spacial score (nSPS) is 16.0. The van der Waals surface area contributed by atoms with E-state index < -0.39 is 124 Å². The van der Waals surface area contributed by atoms with Crippen LogP contribution in [0.1, 0.15) is 20.6 Å². The van der Waals surface area contributed by atoms with E-state index in [4.69, 9.17) is 12.3 Å². The lowest BCUT2D eigenvalue weighted by Crippen LogP contribution is -2.10. The minimum Gasteiger partial charge on any atom is -0.310 e. The number of nitrogens with zero attached hydrogens (tertiary/aromatic N) is 1. The first-order chi connectivity index (χ1) is 29.1. The van der Waals surface area contributed by atoms with Crippen molar-refractivity contribution in [2.24, 2.45) is 0 Å². The summed E-state index contributed by atoms with van der Waals surface area (Å²) >= 11 is 1.57. The number of benzene rings is 8. The molecule has 0 saturated carbocycles. The minimum absolute atomic E-state index is 0.127. The Morgan fingerprint density at radius 2 is 1.09 bits per heavy atom. The van der Waals surface area contributed by atoms with Crippen molar-refractivity contribution in [3.8, 4) is 22.3 Å². The van der Waals surface area contributed by atoms with Crippen LogP contribution in [0.4, 0.5) is 17.1 Å². The maximum Gasteiger partial charge on any atom is 0.0645 e. The van der Waals surface area contributed by atoms with Gasteiger partial charge < -0.3 is 4.90 Å². The molecule has 0 unspecified atom stereocenters. The standard InChI is InChI=1S/C44H29NS/c1-2-9-30(10-3-1)34-19-17-32-18-20-35(28-36(32)27-34)31-21-23-37(24-22-31)45(42-15-8-12-33-11-4-5-13-39(33)42)38-25-26-41-40-14-6-7-16-43(40)46-44(41)29-38/h1-29H/i1D,2D,3D,9D,10D,17D,18D,19D,20D,21D,22D,23D,24D,27D,28D. The molecule has 0 aliphatic carbocycles. The predicted octanol–water partition coefficient (Wildman–Crippen LogP) is 13.2. The van der Waals surface area contributed by atoms with Gasteiger partial charge in [-0.2, -0.15) is 0 Å². The highest BCUT2D eigenvalue weighted by atomic mass is 32.1. The van der Waals surface area contributed by atoms with E-state index in [9.17, 15) is 8.22 Å². The van der Waals surface area contributed by atoms with Crippen molar-refractivity contribution in [1.29, 1.82) is 0 Å². The van der Waals surface area contributed by atoms with Gasteiger partial charge in [-0.15, -0.1) is 11.3 Å². The zero-order valence-corrected chi connectivity index (χ0v) is 24.8. The molecule has 0 N–H and O–H groups in total. The third-order valence-electron chi connectivity index (χ3n) is 7.84. The Hall–Kier alpha value is -5.70. The van der Waals surface area contributed by atoms with Crippen LogP contribution < -0.4 is 4.90 Å². The van der Waals surface area contributed by atoms with E-state index in [-0.39, 0.29) is 5.69 Å². The summed E-state index contributed by atoms with van der Waals surface area (Å²) in [5.74, 6) is 0. The summed E-state index contributed by atoms with van der Waals surface area (Å²) in [6.45, 7) is 0. The molecule has 0 spiro atoms. The monoisotopic (exact) mass is 618 g/mol. The predicted molar refractivity (Wildman–Crippen MR) is 200 cm³/mol. The number of anilines is 3. The third kappa shape index (κ3) is 4.63. The molecule has 0 bridgehead atoms. The molecule has 1 aromatic heterocycles. The smallest absolute Gasteiger partial charge is 0.0645 e. The Morgan fingerprint density at radius 3 is 1.89 bits per heavy atom. The zero-order chi connectivity index (χ0) is 43.5. The summed E-state index contributed by atoms with van der Waals surface area (Å²) in [6, 6.07) is 16.4. The van der Waals surface area contributed by atoms with Crippen molar-refractivity contribution in [1.82, 2.24) is 0 Å². The summed E-state index contributed by atoms with van der Waals surface area (Å²) < 4.78 is 136. The van der Waals surface area contributed by atoms with Crippen molar-refractivity contribution < 1.29 is 20.6 Å². The molecule has 216 valence electrons. The molecule has 0 fully saturated rings. The van der Waals surface area contributed by atoms with Gasteiger partial charge in [0, 0.05) is 36.9 Å². The SMILES string of the molecule is [2H]c1c([2H])c([2H])c(-c2c([2H])c([2H])c3c([2H])c([2H])c(-c4c([2H])c([2H])c(N(c5ccc6c(c5)sc5ccccc56)c5cccc6ccccc56)c([2H])c4[2H])c([2H])c3c2[2H])c([2H])c1[2H]. The van der Waals surface area contributed by atoms with Crippen LogP contribution in [0.15, 0.2) is 176 Å². The maximum atomic E-state index is 9.54. The first-order valence-electron chi connectivity index (χ1n) is 22.0. The lowest BCUT2D eigenvalue weighted by atomic mass is 9.97. The van der Waals surface area contributed by atoms with E-state index in [2.05, 4.69) is 0 Å². The topological polar surface area (TPSA) is 3.24 Å². The lowest BCUT2D eigenvalue weighted by Gasteiger charge is -2.27. The molecule has 9 rings (SSSR count). The highest BCUT2D eigenvalue weighted by molar-refractivity contribution is 7.25. The largest absolute Gasteiger partial charge is 0.310 e. The fourth-order valence-electron chi connectivity index (χ4n) is 5.69. The molecule has 0 radical (unpaired) electrons. The molecular weight excluding hydrogens is 575 g/mol. The van der Waals surface area contributed by atoms with E-state index in [1.807, 2.05) is 84.9 Å². The molecular formula is C44H29NS. The molecule has 9 aromatic rings. The first-order valence-corrected chi connectivity index (χ1v) is 15.3. The summed E-state index contributed by atoms with van der Waals surface area (Å²) in [5.41, 5.74) is -1.20. The van der Waals surface area contributed by atoms with Gasteiger partial charge in [-0.25, -0.2) is 0 Å². The highest BCUT2D eigenvalue weighted by Crippen LogP contribution is 2.43. The van der Waals surface area contributed by atoms with Crippen molar-refractivity contribution in [3.63, 3.8) is 0 Å². The van der Waals surface area contributed by atoms with Gasteiger partial charge in [-0.3, -0.25) is 0 Å². The van der Waals surface area contributed by atoms with Crippen LogP contribution in [-0.4, -0.2) is 0 Å². The Morgan fingerprint density at radius 1 is 0.435 bits per heavy atom. The Bertz CT molecular complexity index is 3340. The number of hydrogen-bond donors (Lipinski definition) is 0. The second kappa shape index (κ2) is 11.0. The van der Waals surface area contributed by atoms with E-state index in [1.165, 1.54) is 0 Å². The van der Waals surface area contributed by atoms with Gasteiger partial charge in [0.15, 0.2) is 0 Å². The quantitative estimate of drug-likeness (QED) is 0.185. The van der Waals surface area contributed by atoms with E-state index in [0.717, 1.165) is 30.9 Å². The van der Waals surface area contributed by atoms with Crippen molar-refractivity contribution in [2.45, 2.75) is 0 Å². The van der Waals surface area contributed by atoms with Crippen LogP contribution in [0.25, 0.3) is 64.0 Å². The zero-order valence-electron chi connectivity index (χ0n) is 38.9. The van der Waals surface area contributed by atoms with Crippen LogP contribution in [0.5, 0.6) is 0 Å². The molecule has 0 aliphatic heterocycles. The van der Waals surface area contributed by atoms with Crippen LogP contribution in [0.3, 0.4) is 0 Å². The fourth-order valence-corrected chi connectivity index (χ4v) is 6.83. The van der Waals surface area contributed by atoms with E-state index >= 15 is 0 Å². The van der Waals surface area contributed by atoms with Gasteiger partial charge in [0.05, 0.1) is 26.2 Å². The average molecular weight is 619 g/mol. The summed E-state index contributed by atoms with van der Waals surface area (Å²) in [4.78, 5) is 1.66. The van der Waals surface area contributed by atoms with Gasteiger partial charge in [-0.05, 0) is 86.8 Å². The molecule has 8 aromatic carbocycles. The molecule has 0 atom stereocenters. The van der Waals surface area contributed by atoms with Crippen molar-refractivity contribution in [3.05, 3.63) is 176 Å². The van der Waals surface area contributed by atoms with E-state index in [0.29, 0.717) is 11.4 Å². The van der Waals surface area contributed by atoms with E-state index in [1.54, 1.807) is 16.2 Å². The Kier molecular flexibility index (Phi) is 3.72. The van der Waals surface area contributed by atoms with Gasteiger partial charge in [-0.1, -0.05) is 127 Å². The van der Waals surface area contributed by atoms with Crippen LogP contribution in [0, 0.1) is 0 Å². The number of thiophene rings is 1. The van der Waals surface area contributed by atoms with Crippen LogP contribution >= 0.6 is 11.3 Å². The number of fused-ring (bicyclic) bond motifs is 5. The first kappa shape index (κ1) is 15.5. The molecule has 1 heterocycles. The molecule has 0 saturated heterocycles. The van der Waals surface area contributed by atoms with Crippen LogP contribution in [-0.2, 0) is 0 Å². The Labute approximate surface area is 293 Å². The molecule has 46 heavy (non-hydrogen) atoms. The fraction of sp³-hybridized carbons (Fsp3) is 0. The molecule has 2 heteroatoms.